The Bertz CT molecular complexity index is 2600. The minimum Gasteiger partial charge on any atom is -0.462 e. The van der Waals surface area contributed by atoms with Gasteiger partial charge in [-0.15, -0.1) is 0 Å². The quantitative estimate of drug-likeness (QED) is 0.0298. The summed E-state index contributed by atoms with van der Waals surface area (Å²) in [7, 11) is 0. The van der Waals surface area contributed by atoms with Crippen LogP contribution in [0, 0.1) is 5.41 Å². The molecule has 0 aromatic heterocycles. The largest absolute Gasteiger partial charge is 0.462 e. The monoisotopic (exact) mass is 1020 g/mol. The van der Waals surface area contributed by atoms with E-state index < -0.39 is 65.9 Å². The predicted octanol–water partition coefficient (Wildman–Crippen LogP) is 13.4. The van der Waals surface area contributed by atoms with E-state index in [2.05, 4.69) is 0 Å². The average Bonchev–Trinajstić information content (AvgIpc) is 3.34. The maximum atomic E-state index is 15.1. The Balaban J connectivity index is 1.11. The van der Waals surface area contributed by atoms with Crippen molar-refractivity contribution >= 4 is 35.5 Å². The first-order valence-corrected chi connectivity index (χ1v) is 22.5. The van der Waals surface area contributed by atoms with Crippen LogP contribution in [0.2, 0.25) is 0 Å². The summed E-state index contributed by atoms with van der Waals surface area (Å²) >= 11 is 0. The van der Waals surface area contributed by atoms with E-state index in [9.17, 15) is 35.9 Å². The highest BCUT2D eigenvalue weighted by atomic mass is 19.4. The standard InChI is InChI=1S/C55H48F10N2O6/c56-52(57,58)31-29-39-9-23-47(24-10-39)72-54(62,63)43-15-1-37(2-16-43)13-27-49(68)70-35-51(33-41-5-19-45(66)20-6-41,34-42-7-21-46(67)22-8-42)36-71-50(69)28-14-38-3-17-44(18-4-38)55(64,65)73-48-25-11-40(12-26-48)30-32-53(59,60)61/h1-28H,29-36,66-67H2/b27-13+,28-14+. The van der Waals surface area contributed by atoms with Crippen LogP contribution in [-0.2, 0) is 57.0 Å². The van der Waals surface area contributed by atoms with Gasteiger partial charge >= 0.3 is 36.5 Å². The first-order chi connectivity index (χ1) is 34.4. The number of nitrogens with two attached hydrogens (primary N) is 2. The summed E-state index contributed by atoms with van der Waals surface area (Å²) in [6, 6.07) is 33.1. The second-order valence-corrected chi connectivity index (χ2v) is 17.2. The Morgan fingerprint density at radius 1 is 0.425 bits per heavy atom. The van der Waals surface area contributed by atoms with Crippen LogP contribution < -0.4 is 20.9 Å². The molecule has 0 heterocycles. The summed E-state index contributed by atoms with van der Waals surface area (Å²) in [5.41, 5.74) is 13.5. The number of ether oxygens (including phenoxy) is 4. The van der Waals surface area contributed by atoms with E-state index in [0.29, 0.717) is 33.6 Å². The fourth-order valence-corrected chi connectivity index (χ4v) is 7.33. The molecule has 0 saturated heterocycles. The maximum absolute atomic E-state index is 15.1. The van der Waals surface area contributed by atoms with E-state index >= 15 is 17.6 Å². The normalized spacial score (nSPS) is 12.5. The molecule has 4 N–H and O–H groups in total. The lowest BCUT2D eigenvalue weighted by Crippen LogP contribution is -2.38. The molecule has 0 amide bonds. The molecule has 18 heteroatoms. The zero-order chi connectivity index (χ0) is 52.9. The Morgan fingerprint density at radius 3 is 1.05 bits per heavy atom. The van der Waals surface area contributed by atoms with Gasteiger partial charge in [-0.05, 0) is 144 Å². The van der Waals surface area contributed by atoms with Crippen molar-refractivity contribution in [1.29, 1.82) is 0 Å². The van der Waals surface area contributed by atoms with E-state index in [0.717, 1.165) is 71.8 Å². The highest BCUT2D eigenvalue weighted by molar-refractivity contribution is 5.87. The average molecular weight is 1020 g/mol. The lowest BCUT2D eigenvalue weighted by molar-refractivity contribution is -0.186. The first-order valence-electron chi connectivity index (χ1n) is 22.5. The number of hydrogen-bond donors (Lipinski definition) is 2. The number of benzene rings is 6. The Kier molecular flexibility index (Phi) is 17.7. The molecule has 8 nitrogen and oxygen atoms in total. The van der Waals surface area contributed by atoms with Crippen LogP contribution in [0.15, 0.2) is 158 Å². The van der Waals surface area contributed by atoms with Gasteiger partial charge in [0, 0.05) is 41.8 Å². The molecule has 0 fully saturated rings. The molecule has 73 heavy (non-hydrogen) atoms. The van der Waals surface area contributed by atoms with Crippen molar-refractivity contribution in [3.63, 3.8) is 0 Å². The van der Waals surface area contributed by atoms with E-state index in [1.54, 1.807) is 48.5 Å². The van der Waals surface area contributed by atoms with E-state index in [1.165, 1.54) is 60.7 Å². The number of aryl methyl sites for hydroxylation is 2. The van der Waals surface area contributed by atoms with Gasteiger partial charge in [0.1, 0.15) is 24.7 Å². The van der Waals surface area contributed by atoms with Gasteiger partial charge in [0.25, 0.3) is 0 Å². The summed E-state index contributed by atoms with van der Waals surface area (Å²) in [5, 5.41) is 0. The SMILES string of the molecule is Nc1ccc(CC(COC(=O)/C=C/c2ccc(C(F)(F)Oc3ccc(CCC(F)(F)F)cc3)cc2)(COC(=O)/C=C/c2ccc(C(F)(F)Oc3ccc(CCC(F)(F)F)cc3)cc2)Cc2ccc(N)cc2)cc1. The maximum Gasteiger partial charge on any atom is 0.426 e. The number of carbonyl (C=O) groups excluding carboxylic acids is 2. The van der Waals surface area contributed by atoms with E-state index in [1.807, 2.05) is 0 Å². The number of rotatable bonds is 22. The molecule has 0 unspecified atom stereocenters. The van der Waals surface area contributed by atoms with Crippen molar-refractivity contribution in [3.05, 3.63) is 202 Å². The van der Waals surface area contributed by atoms with Gasteiger partial charge in [-0.3, -0.25) is 0 Å². The molecule has 6 aromatic rings. The lowest BCUT2D eigenvalue weighted by atomic mass is 9.77. The second-order valence-electron chi connectivity index (χ2n) is 17.2. The predicted molar refractivity (Wildman–Crippen MR) is 255 cm³/mol. The van der Waals surface area contributed by atoms with Gasteiger partial charge in [0.15, 0.2) is 0 Å². The molecule has 0 atom stereocenters. The van der Waals surface area contributed by atoms with Crippen LogP contribution in [0.1, 0.15) is 57.3 Å². The Hall–Kier alpha value is -7.76. The highest BCUT2D eigenvalue weighted by Gasteiger charge is 2.37. The van der Waals surface area contributed by atoms with Crippen molar-refractivity contribution in [2.75, 3.05) is 24.7 Å². The van der Waals surface area contributed by atoms with Crippen molar-refractivity contribution in [2.45, 2.75) is 63.1 Å². The fourth-order valence-electron chi connectivity index (χ4n) is 7.33. The van der Waals surface area contributed by atoms with Crippen LogP contribution in [0.3, 0.4) is 0 Å². The molecular weight excluding hydrogens is 975 g/mol. The molecular formula is C55H48F10N2O6. The van der Waals surface area contributed by atoms with Gasteiger partial charge in [-0.1, -0.05) is 72.8 Å². The number of halogens is 10. The van der Waals surface area contributed by atoms with Crippen molar-refractivity contribution in [2.24, 2.45) is 5.41 Å². The summed E-state index contributed by atoms with van der Waals surface area (Å²) in [6.07, 6.45) is -13.9. The van der Waals surface area contributed by atoms with Gasteiger partial charge in [0.05, 0.1) is 11.1 Å². The topological polar surface area (TPSA) is 123 Å². The van der Waals surface area contributed by atoms with Gasteiger partial charge in [-0.25, -0.2) is 9.59 Å². The molecule has 6 aromatic carbocycles. The third-order valence-corrected chi connectivity index (χ3v) is 11.2. The lowest BCUT2D eigenvalue weighted by Gasteiger charge is -2.33. The smallest absolute Gasteiger partial charge is 0.426 e. The summed E-state index contributed by atoms with van der Waals surface area (Å²) in [4.78, 5) is 26.6. The molecule has 0 spiro atoms. The molecule has 384 valence electrons. The zero-order valence-corrected chi connectivity index (χ0v) is 38.7. The van der Waals surface area contributed by atoms with Crippen molar-refractivity contribution < 1.29 is 72.4 Å². The van der Waals surface area contributed by atoms with E-state index in [-0.39, 0.29) is 50.4 Å². The number of anilines is 2. The summed E-state index contributed by atoms with van der Waals surface area (Å²) in [6.45, 7) is -0.596. The molecule has 0 radical (unpaired) electrons. The van der Waals surface area contributed by atoms with Crippen LogP contribution in [0.5, 0.6) is 11.5 Å². The number of alkyl halides is 10. The van der Waals surface area contributed by atoms with Crippen molar-refractivity contribution in [1.82, 2.24) is 0 Å². The number of esters is 2. The molecule has 6 rings (SSSR count). The zero-order valence-electron chi connectivity index (χ0n) is 38.7. The molecule has 0 aliphatic rings. The summed E-state index contributed by atoms with van der Waals surface area (Å²) in [5.74, 6) is -2.16. The number of hydrogen-bond acceptors (Lipinski definition) is 8. The molecule has 0 bridgehead atoms. The minimum atomic E-state index is -4.36. The van der Waals surface area contributed by atoms with E-state index in [4.69, 9.17) is 30.4 Å². The van der Waals surface area contributed by atoms with Crippen LogP contribution >= 0.6 is 0 Å². The fraction of sp³-hybridized carbons (Fsp3) is 0.236. The number of nitrogen functional groups attached to an aromatic ring is 2. The third-order valence-electron chi connectivity index (χ3n) is 11.2. The Morgan fingerprint density at radius 2 is 0.740 bits per heavy atom. The van der Waals surface area contributed by atoms with Crippen LogP contribution in [0.25, 0.3) is 12.2 Å². The Labute approximate surface area is 413 Å². The van der Waals surface area contributed by atoms with Crippen LogP contribution in [-0.4, -0.2) is 37.5 Å². The molecule has 0 aliphatic carbocycles. The van der Waals surface area contributed by atoms with Gasteiger partial charge < -0.3 is 30.4 Å². The van der Waals surface area contributed by atoms with Gasteiger partial charge in [-0.2, -0.15) is 43.9 Å². The van der Waals surface area contributed by atoms with Crippen LogP contribution in [0.4, 0.5) is 55.3 Å². The molecule has 0 aliphatic heterocycles. The summed E-state index contributed by atoms with van der Waals surface area (Å²) < 4.78 is 157. The minimum absolute atomic E-state index is 0.200. The second kappa shape index (κ2) is 23.6. The highest BCUT2D eigenvalue weighted by Crippen LogP contribution is 2.35. The third kappa shape index (κ3) is 17.8. The number of carbonyl (C=O) groups is 2. The first kappa shape index (κ1) is 54.6. The van der Waals surface area contributed by atoms with Crippen molar-refractivity contribution in [3.8, 4) is 11.5 Å². The molecule has 0 saturated carbocycles. The van der Waals surface area contributed by atoms with Gasteiger partial charge in [0.2, 0.25) is 0 Å².